The molecule has 2 N–H and O–H groups in total. The van der Waals surface area contributed by atoms with Gasteiger partial charge in [0.2, 0.25) is 5.91 Å². The predicted molar refractivity (Wildman–Crippen MR) is 67.3 cm³/mol. The summed E-state index contributed by atoms with van der Waals surface area (Å²) in [5, 5.41) is 5.54. The van der Waals surface area contributed by atoms with Gasteiger partial charge in [-0.3, -0.25) is 4.79 Å². The van der Waals surface area contributed by atoms with E-state index in [0.29, 0.717) is 11.4 Å². The molecule has 6 nitrogen and oxygen atoms in total. The second-order valence-corrected chi connectivity index (χ2v) is 3.97. The Morgan fingerprint density at radius 2 is 2.17 bits per heavy atom. The Morgan fingerprint density at radius 3 is 2.78 bits per heavy atom. The normalized spacial score (nSPS) is 10.0. The van der Waals surface area contributed by atoms with Crippen LogP contribution in [-0.4, -0.2) is 36.6 Å². The average molecular weight is 251 g/mol. The SMILES string of the molecule is COC(=O)c1cccnc1NCC(=O)NC(C)C. The molecule has 0 atom stereocenters. The van der Waals surface area contributed by atoms with Crippen LogP contribution in [0.2, 0.25) is 0 Å². The van der Waals surface area contributed by atoms with Crippen molar-refractivity contribution in [2.24, 2.45) is 0 Å². The van der Waals surface area contributed by atoms with Gasteiger partial charge in [0, 0.05) is 12.2 Å². The molecule has 1 amide bonds. The molecule has 0 saturated heterocycles. The zero-order chi connectivity index (χ0) is 13.5. The number of ether oxygens (including phenoxy) is 1. The van der Waals surface area contributed by atoms with E-state index in [9.17, 15) is 9.59 Å². The molecule has 0 radical (unpaired) electrons. The van der Waals surface area contributed by atoms with Crippen LogP contribution in [0.3, 0.4) is 0 Å². The molecule has 0 saturated carbocycles. The number of amides is 1. The number of aromatic nitrogens is 1. The molecule has 0 spiro atoms. The van der Waals surface area contributed by atoms with Crippen LogP contribution in [0, 0.1) is 0 Å². The Hall–Kier alpha value is -2.11. The molecule has 1 aromatic heterocycles. The molecular weight excluding hydrogens is 234 g/mol. The average Bonchev–Trinajstić information content (AvgIpc) is 2.35. The minimum Gasteiger partial charge on any atom is -0.465 e. The van der Waals surface area contributed by atoms with Crippen LogP contribution in [0.25, 0.3) is 0 Å². The maximum atomic E-state index is 11.5. The van der Waals surface area contributed by atoms with Gasteiger partial charge in [0.05, 0.1) is 13.7 Å². The monoisotopic (exact) mass is 251 g/mol. The number of methoxy groups -OCH3 is 1. The first kappa shape index (κ1) is 14.0. The van der Waals surface area contributed by atoms with Crippen LogP contribution in [-0.2, 0) is 9.53 Å². The van der Waals surface area contributed by atoms with Gasteiger partial charge in [-0.25, -0.2) is 9.78 Å². The van der Waals surface area contributed by atoms with E-state index in [0.717, 1.165) is 0 Å². The van der Waals surface area contributed by atoms with Crippen LogP contribution in [0.15, 0.2) is 18.3 Å². The summed E-state index contributed by atoms with van der Waals surface area (Å²) in [7, 11) is 1.30. The molecule has 98 valence electrons. The quantitative estimate of drug-likeness (QED) is 0.757. The summed E-state index contributed by atoms with van der Waals surface area (Å²) in [6.07, 6.45) is 1.54. The zero-order valence-electron chi connectivity index (χ0n) is 10.7. The molecule has 0 aliphatic rings. The third kappa shape index (κ3) is 4.04. The van der Waals surface area contributed by atoms with Crippen molar-refractivity contribution in [1.29, 1.82) is 0 Å². The number of hydrogen-bond donors (Lipinski definition) is 2. The lowest BCUT2D eigenvalue weighted by Crippen LogP contribution is -2.35. The number of hydrogen-bond acceptors (Lipinski definition) is 5. The number of pyridine rings is 1. The lowest BCUT2D eigenvalue weighted by Gasteiger charge is -2.11. The fourth-order valence-electron chi connectivity index (χ4n) is 1.36. The van der Waals surface area contributed by atoms with Crippen molar-refractivity contribution in [3.8, 4) is 0 Å². The van der Waals surface area contributed by atoms with Gasteiger partial charge in [0.15, 0.2) is 0 Å². The fourth-order valence-corrected chi connectivity index (χ4v) is 1.36. The minimum absolute atomic E-state index is 0.0547. The molecule has 1 rings (SSSR count). The van der Waals surface area contributed by atoms with Crippen molar-refractivity contribution >= 4 is 17.7 Å². The molecule has 18 heavy (non-hydrogen) atoms. The van der Waals surface area contributed by atoms with Crippen LogP contribution in [0.4, 0.5) is 5.82 Å². The second kappa shape index (κ2) is 6.58. The number of carbonyl (C=O) groups is 2. The summed E-state index contributed by atoms with van der Waals surface area (Å²) in [5.41, 5.74) is 0.303. The topological polar surface area (TPSA) is 80.3 Å². The van der Waals surface area contributed by atoms with Gasteiger partial charge in [-0.2, -0.15) is 0 Å². The summed E-state index contributed by atoms with van der Waals surface area (Å²) in [6, 6.07) is 3.29. The van der Waals surface area contributed by atoms with Crippen molar-refractivity contribution < 1.29 is 14.3 Å². The summed E-state index contributed by atoms with van der Waals surface area (Å²) in [4.78, 5) is 26.9. The first-order valence-electron chi connectivity index (χ1n) is 5.61. The van der Waals surface area contributed by atoms with Crippen LogP contribution in [0.1, 0.15) is 24.2 Å². The van der Waals surface area contributed by atoms with Gasteiger partial charge < -0.3 is 15.4 Å². The largest absolute Gasteiger partial charge is 0.465 e. The maximum absolute atomic E-state index is 11.5. The molecule has 0 bridgehead atoms. The number of anilines is 1. The van der Waals surface area contributed by atoms with Gasteiger partial charge in [-0.15, -0.1) is 0 Å². The summed E-state index contributed by atoms with van der Waals surface area (Å²) in [6.45, 7) is 3.80. The fraction of sp³-hybridized carbons (Fsp3) is 0.417. The highest BCUT2D eigenvalue weighted by molar-refractivity contribution is 5.95. The summed E-state index contributed by atoms with van der Waals surface area (Å²) in [5.74, 6) is -0.315. The molecular formula is C12H17N3O3. The van der Waals surface area contributed by atoms with E-state index < -0.39 is 5.97 Å². The van der Waals surface area contributed by atoms with E-state index >= 15 is 0 Å². The number of esters is 1. The van der Waals surface area contributed by atoms with Crippen LogP contribution < -0.4 is 10.6 Å². The minimum atomic E-state index is -0.491. The van der Waals surface area contributed by atoms with E-state index in [4.69, 9.17) is 0 Å². The highest BCUT2D eigenvalue weighted by Crippen LogP contribution is 2.11. The predicted octanol–water partition coefficient (Wildman–Crippen LogP) is 0.805. The Morgan fingerprint density at radius 1 is 1.44 bits per heavy atom. The third-order valence-corrected chi connectivity index (χ3v) is 2.08. The maximum Gasteiger partial charge on any atom is 0.341 e. The lowest BCUT2D eigenvalue weighted by molar-refractivity contribution is -0.119. The number of rotatable bonds is 5. The first-order valence-corrected chi connectivity index (χ1v) is 5.61. The molecule has 6 heteroatoms. The lowest BCUT2D eigenvalue weighted by atomic mass is 10.2. The van der Waals surface area contributed by atoms with Gasteiger partial charge in [0.25, 0.3) is 0 Å². The molecule has 0 fully saturated rings. The van der Waals surface area contributed by atoms with E-state index in [-0.39, 0.29) is 18.5 Å². The van der Waals surface area contributed by atoms with Crippen molar-refractivity contribution in [2.75, 3.05) is 19.0 Å². The molecule has 1 aromatic rings. The Kier molecular flexibility index (Phi) is 5.10. The zero-order valence-corrected chi connectivity index (χ0v) is 10.7. The Balaban J connectivity index is 2.67. The van der Waals surface area contributed by atoms with Crippen molar-refractivity contribution in [2.45, 2.75) is 19.9 Å². The summed E-state index contributed by atoms with van der Waals surface area (Å²) >= 11 is 0. The number of nitrogens with zero attached hydrogens (tertiary/aromatic N) is 1. The number of nitrogens with one attached hydrogen (secondary N) is 2. The van der Waals surface area contributed by atoms with Crippen molar-refractivity contribution in [3.05, 3.63) is 23.9 Å². The van der Waals surface area contributed by atoms with Crippen LogP contribution >= 0.6 is 0 Å². The molecule has 0 unspecified atom stereocenters. The summed E-state index contributed by atoms with van der Waals surface area (Å²) < 4.78 is 4.63. The first-order chi connectivity index (χ1) is 8.54. The van der Waals surface area contributed by atoms with Gasteiger partial charge in [0.1, 0.15) is 11.4 Å². The highest BCUT2D eigenvalue weighted by atomic mass is 16.5. The standard InChI is InChI=1S/C12H17N3O3/c1-8(2)15-10(16)7-14-11-9(12(17)18-3)5-4-6-13-11/h4-6,8H,7H2,1-3H3,(H,13,14)(H,15,16). The van der Waals surface area contributed by atoms with E-state index in [1.807, 2.05) is 13.8 Å². The third-order valence-electron chi connectivity index (χ3n) is 2.08. The Labute approximate surface area is 106 Å². The Bertz CT molecular complexity index is 432. The smallest absolute Gasteiger partial charge is 0.341 e. The van der Waals surface area contributed by atoms with Crippen molar-refractivity contribution in [3.63, 3.8) is 0 Å². The molecule has 1 heterocycles. The van der Waals surface area contributed by atoms with E-state index in [1.165, 1.54) is 13.3 Å². The second-order valence-electron chi connectivity index (χ2n) is 3.97. The van der Waals surface area contributed by atoms with Gasteiger partial charge in [-0.05, 0) is 26.0 Å². The van der Waals surface area contributed by atoms with Crippen LogP contribution in [0.5, 0.6) is 0 Å². The van der Waals surface area contributed by atoms with Gasteiger partial charge >= 0.3 is 5.97 Å². The van der Waals surface area contributed by atoms with Crippen molar-refractivity contribution in [1.82, 2.24) is 10.3 Å². The molecule has 0 aromatic carbocycles. The molecule has 0 aliphatic carbocycles. The van der Waals surface area contributed by atoms with E-state index in [1.54, 1.807) is 12.1 Å². The van der Waals surface area contributed by atoms with Gasteiger partial charge in [-0.1, -0.05) is 0 Å². The van der Waals surface area contributed by atoms with E-state index in [2.05, 4.69) is 20.4 Å². The molecule has 0 aliphatic heterocycles. The highest BCUT2D eigenvalue weighted by Gasteiger charge is 2.13. The number of carbonyl (C=O) groups excluding carboxylic acids is 2.